The number of nitrogens with zero attached hydrogens (tertiary/aromatic N) is 2. The van der Waals surface area contributed by atoms with Gasteiger partial charge in [-0.25, -0.2) is 0 Å². The van der Waals surface area contributed by atoms with Crippen LogP contribution in [0.5, 0.6) is 0 Å². The van der Waals surface area contributed by atoms with Gasteiger partial charge in [-0.15, -0.1) is 0 Å². The third-order valence-corrected chi connectivity index (χ3v) is 3.44. The van der Waals surface area contributed by atoms with E-state index < -0.39 is 0 Å². The fourth-order valence-corrected chi connectivity index (χ4v) is 2.53. The molecule has 2 heterocycles. The molecule has 19 heavy (non-hydrogen) atoms. The highest BCUT2D eigenvalue weighted by atomic mass is 35.5. The highest BCUT2D eigenvalue weighted by Crippen LogP contribution is 2.29. The van der Waals surface area contributed by atoms with E-state index in [1.54, 1.807) is 12.4 Å². The molecule has 1 amide bonds. The Hall–Kier alpha value is -1.29. The predicted octanol–water partition coefficient (Wildman–Crippen LogP) is 2.48. The topological polar surface area (TPSA) is 45.2 Å². The fourth-order valence-electron chi connectivity index (χ4n) is 2.29. The molecule has 104 valence electrons. The number of nitrogens with one attached hydrogen (secondary N) is 1. The van der Waals surface area contributed by atoms with Crippen LogP contribution in [0.2, 0.25) is 5.02 Å². The number of anilines is 1. The van der Waals surface area contributed by atoms with Gasteiger partial charge in [0.05, 0.1) is 16.6 Å². The quantitative estimate of drug-likeness (QED) is 0.906. The molecule has 1 atom stereocenters. The molecule has 4 nitrogen and oxygen atoms in total. The van der Waals surface area contributed by atoms with E-state index in [4.69, 9.17) is 11.6 Å². The summed E-state index contributed by atoms with van der Waals surface area (Å²) in [6.45, 7) is 7.56. The summed E-state index contributed by atoms with van der Waals surface area (Å²) in [5.74, 6) is 0.156. The van der Waals surface area contributed by atoms with Crippen molar-refractivity contribution in [3.63, 3.8) is 0 Å². The van der Waals surface area contributed by atoms with Crippen LogP contribution in [-0.4, -0.2) is 29.5 Å². The van der Waals surface area contributed by atoms with Gasteiger partial charge in [-0.2, -0.15) is 0 Å². The van der Waals surface area contributed by atoms with Gasteiger partial charge < -0.3 is 10.2 Å². The van der Waals surface area contributed by atoms with E-state index in [1.807, 2.05) is 26.8 Å². The molecule has 0 radical (unpaired) electrons. The van der Waals surface area contributed by atoms with Crippen molar-refractivity contribution < 1.29 is 4.79 Å². The molecule has 2 rings (SSSR count). The van der Waals surface area contributed by atoms with Crippen molar-refractivity contribution in [1.82, 2.24) is 10.3 Å². The highest BCUT2D eigenvalue weighted by molar-refractivity contribution is 6.33. The molecule has 5 heteroatoms. The molecule has 1 aromatic rings. The van der Waals surface area contributed by atoms with Crippen LogP contribution in [0.15, 0.2) is 18.5 Å². The van der Waals surface area contributed by atoms with Gasteiger partial charge in [-0.05, 0) is 33.3 Å². The van der Waals surface area contributed by atoms with Crippen LogP contribution >= 0.6 is 11.6 Å². The van der Waals surface area contributed by atoms with Crippen molar-refractivity contribution in [1.29, 1.82) is 0 Å². The molecular weight excluding hydrogens is 262 g/mol. The second-order valence-corrected chi connectivity index (χ2v) is 6.41. The van der Waals surface area contributed by atoms with Crippen LogP contribution in [0, 0.1) is 5.92 Å². The molecule has 1 aliphatic heterocycles. The van der Waals surface area contributed by atoms with Gasteiger partial charge in [-0.1, -0.05) is 11.6 Å². The number of pyridine rings is 1. The van der Waals surface area contributed by atoms with Crippen LogP contribution in [0.3, 0.4) is 0 Å². The van der Waals surface area contributed by atoms with Crippen LogP contribution in [-0.2, 0) is 4.79 Å². The van der Waals surface area contributed by atoms with E-state index in [9.17, 15) is 4.79 Å². The maximum Gasteiger partial charge on any atom is 0.225 e. The van der Waals surface area contributed by atoms with Gasteiger partial charge in [0.1, 0.15) is 0 Å². The zero-order chi connectivity index (χ0) is 14.0. The van der Waals surface area contributed by atoms with E-state index >= 15 is 0 Å². The van der Waals surface area contributed by atoms with Gasteiger partial charge in [0.25, 0.3) is 0 Å². The summed E-state index contributed by atoms with van der Waals surface area (Å²) < 4.78 is 0. The van der Waals surface area contributed by atoms with E-state index in [1.165, 1.54) is 0 Å². The Balaban J connectivity index is 2.01. The molecule has 0 bridgehead atoms. The Kier molecular flexibility index (Phi) is 3.99. The van der Waals surface area contributed by atoms with Crippen LogP contribution < -0.4 is 10.2 Å². The number of carbonyl (C=O) groups is 1. The third kappa shape index (κ3) is 3.60. The van der Waals surface area contributed by atoms with Gasteiger partial charge in [-0.3, -0.25) is 9.78 Å². The van der Waals surface area contributed by atoms with E-state index in [0.717, 1.165) is 18.7 Å². The molecule has 1 aromatic heterocycles. The second kappa shape index (κ2) is 5.37. The Morgan fingerprint density at radius 2 is 2.26 bits per heavy atom. The van der Waals surface area contributed by atoms with Gasteiger partial charge in [0.15, 0.2) is 0 Å². The number of carbonyl (C=O) groups excluding carboxylic acids is 1. The summed E-state index contributed by atoms with van der Waals surface area (Å²) >= 11 is 6.13. The smallest absolute Gasteiger partial charge is 0.225 e. The lowest BCUT2D eigenvalue weighted by Gasteiger charge is -2.23. The number of hydrogen-bond acceptors (Lipinski definition) is 3. The fraction of sp³-hybridized carbons (Fsp3) is 0.571. The monoisotopic (exact) mass is 281 g/mol. The molecular formula is C14H20ClN3O. The van der Waals surface area contributed by atoms with E-state index in [-0.39, 0.29) is 17.4 Å². The molecule has 1 aliphatic rings. The molecule has 1 fully saturated rings. The maximum absolute atomic E-state index is 12.1. The lowest BCUT2D eigenvalue weighted by molar-refractivity contribution is -0.125. The number of amides is 1. The summed E-state index contributed by atoms with van der Waals surface area (Å²) in [7, 11) is 0. The molecule has 0 spiro atoms. The zero-order valence-electron chi connectivity index (χ0n) is 11.6. The number of hydrogen-bond donors (Lipinski definition) is 1. The van der Waals surface area contributed by atoms with Gasteiger partial charge >= 0.3 is 0 Å². The minimum atomic E-state index is -0.182. The summed E-state index contributed by atoms with van der Waals surface area (Å²) in [6.07, 6.45) is 4.23. The molecule has 0 aliphatic carbocycles. The summed E-state index contributed by atoms with van der Waals surface area (Å²) in [5, 5.41) is 3.68. The standard InChI is InChI=1S/C14H20ClN3O/c1-14(2,3)17-13(19)10-5-7-18(9-10)12-4-6-16-8-11(12)15/h4,6,8,10H,5,7,9H2,1-3H3,(H,17,19). The number of rotatable bonds is 2. The molecule has 1 saturated heterocycles. The first-order valence-corrected chi connectivity index (χ1v) is 6.91. The molecule has 1 unspecified atom stereocenters. The highest BCUT2D eigenvalue weighted by Gasteiger charge is 2.30. The first-order valence-electron chi connectivity index (χ1n) is 6.53. The first kappa shape index (κ1) is 14.1. The zero-order valence-corrected chi connectivity index (χ0v) is 12.4. The predicted molar refractivity (Wildman–Crippen MR) is 77.5 cm³/mol. The summed E-state index contributed by atoms with van der Waals surface area (Å²) in [5.41, 5.74) is 0.779. The van der Waals surface area contributed by atoms with Gasteiger partial charge in [0.2, 0.25) is 5.91 Å². The average Bonchev–Trinajstić information content (AvgIpc) is 2.76. The molecule has 0 aromatic carbocycles. The van der Waals surface area contributed by atoms with Crippen molar-refractivity contribution in [3.8, 4) is 0 Å². The lowest BCUT2D eigenvalue weighted by Crippen LogP contribution is -2.44. The van der Waals surface area contributed by atoms with Crippen LogP contribution in [0.25, 0.3) is 0 Å². The van der Waals surface area contributed by atoms with Crippen LogP contribution in [0.1, 0.15) is 27.2 Å². The van der Waals surface area contributed by atoms with Gasteiger partial charge in [0, 0.05) is 31.0 Å². The number of aromatic nitrogens is 1. The van der Waals surface area contributed by atoms with Crippen LogP contribution in [0.4, 0.5) is 5.69 Å². The number of halogens is 1. The minimum absolute atomic E-state index is 0.0310. The van der Waals surface area contributed by atoms with Crippen molar-refractivity contribution in [2.45, 2.75) is 32.7 Å². The normalized spacial score (nSPS) is 19.6. The minimum Gasteiger partial charge on any atom is -0.369 e. The van der Waals surface area contributed by atoms with Crippen molar-refractivity contribution >= 4 is 23.2 Å². The average molecular weight is 282 g/mol. The second-order valence-electron chi connectivity index (χ2n) is 6.00. The Morgan fingerprint density at radius 3 is 2.89 bits per heavy atom. The Labute approximate surface area is 119 Å². The summed E-state index contributed by atoms with van der Waals surface area (Å²) in [4.78, 5) is 18.3. The van der Waals surface area contributed by atoms with Crippen molar-refractivity contribution in [2.24, 2.45) is 5.92 Å². The third-order valence-electron chi connectivity index (χ3n) is 3.15. The lowest BCUT2D eigenvalue weighted by atomic mass is 10.0. The molecule has 1 N–H and O–H groups in total. The SMILES string of the molecule is CC(C)(C)NC(=O)C1CCN(c2ccncc2Cl)C1. The Morgan fingerprint density at radius 1 is 1.53 bits per heavy atom. The first-order chi connectivity index (χ1) is 8.87. The van der Waals surface area contributed by atoms with E-state index in [2.05, 4.69) is 15.2 Å². The van der Waals surface area contributed by atoms with Crippen molar-refractivity contribution in [2.75, 3.05) is 18.0 Å². The molecule has 0 saturated carbocycles. The summed E-state index contributed by atoms with van der Waals surface area (Å²) in [6, 6.07) is 1.90. The maximum atomic E-state index is 12.1. The van der Waals surface area contributed by atoms with Crippen molar-refractivity contribution in [3.05, 3.63) is 23.5 Å². The largest absolute Gasteiger partial charge is 0.369 e. The van der Waals surface area contributed by atoms with E-state index in [0.29, 0.717) is 11.6 Å². The Bertz CT molecular complexity index is 470.